The monoisotopic (exact) mass is 222 g/mol. The zero-order valence-corrected chi connectivity index (χ0v) is 10.3. The lowest BCUT2D eigenvalue weighted by molar-refractivity contribution is 0.284. The van der Waals surface area contributed by atoms with Crippen molar-refractivity contribution in [3.63, 3.8) is 0 Å². The maximum Gasteiger partial charge on any atom is 0.0951 e. The molecule has 1 aromatic rings. The summed E-state index contributed by atoms with van der Waals surface area (Å²) in [4.78, 5) is 6.79. The van der Waals surface area contributed by atoms with Crippen molar-refractivity contribution in [2.75, 3.05) is 26.7 Å². The summed E-state index contributed by atoms with van der Waals surface area (Å²) < 4.78 is 2.29. The van der Waals surface area contributed by atoms with Gasteiger partial charge in [0.15, 0.2) is 0 Å². The molecule has 90 valence electrons. The van der Waals surface area contributed by atoms with E-state index in [1.54, 1.807) is 0 Å². The molecular formula is C12H22N4. The van der Waals surface area contributed by atoms with Crippen molar-refractivity contribution < 1.29 is 0 Å². The van der Waals surface area contributed by atoms with Gasteiger partial charge in [0.25, 0.3) is 0 Å². The van der Waals surface area contributed by atoms with Crippen molar-refractivity contribution in [1.82, 2.24) is 19.8 Å². The van der Waals surface area contributed by atoms with Crippen LogP contribution in [0, 0.1) is 0 Å². The van der Waals surface area contributed by atoms with Crippen molar-refractivity contribution in [3.05, 3.63) is 18.2 Å². The van der Waals surface area contributed by atoms with Gasteiger partial charge in [0.2, 0.25) is 0 Å². The number of nitrogens with one attached hydrogen (secondary N) is 1. The van der Waals surface area contributed by atoms with Crippen LogP contribution in [0.25, 0.3) is 0 Å². The minimum atomic E-state index is 0.518. The summed E-state index contributed by atoms with van der Waals surface area (Å²) in [5, 5.41) is 3.18. The minimum absolute atomic E-state index is 0.518. The third-order valence-electron chi connectivity index (χ3n) is 3.30. The van der Waals surface area contributed by atoms with Gasteiger partial charge in [0.1, 0.15) is 0 Å². The summed E-state index contributed by atoms with van der Waals surface area (Å²) in [6.07, 6.45) is 6.63. The van der Waals surface area contributed by atoms with Crippen molar-refractivity contribution in [2.45, 2.75) is 32.4 Å². The number of imidazole rings is 1. The molecule has 1 aliphatic heterocycles. The van der Waals surface area contributed by atoms with E-state index in [-0.39, 0.29) is 0 Å². The molecule has 2 heterocycles. The summed E-state index contributed by atoms with van der Waals surface area (Å²) in [6.45, 7) is 6.84. The molecule has 4 heteroatoms. The van der Waals surface area contributed by atoms with Crippen molar-refractivity contribution >= 4 is 0 Å². The second-order valence-corrected chi connectivity index (χ2v) is 4.68. The molecule has 0 bridgehead atoms. The van der Waals surface area contributed by atoms with Crippen LogP contribution in [-0.2, 0) is 6.54 Å². The van der Waals surface area contributed by atoms with E-state index >= 15 is 0 Å². The molecule has 1 atom stereocenters. The minimum Gasteiger partial charge on any atom is -0.329 e. The first-order chi connectivity index (χ1) is 7.81. The van der Waals surface area contributed by atoms with E-state index in [9.17, 15) is 0 Å². The van der Waals surface area contributed by atoms with E-state index in [4.69, 9.17) is 0 Å². The van der Waals surface area contributed by atoms with Gasteiger partial charge in [-0.3, -0.25) is 0 Å². The van der Waals surface area contributed by atoms with Crippen LogP contribution >= 0.6 is 0 Å². The lowest BCUT2D eigenvalue weighted by Crippen LogP contribution is -2.28. The summed E-state index contributed by atoms with van der Waals surface area (Å²) >= 11 is 0. The van der Waals surface area contributed by atoms with Crippen molar-refractivity contribution in [2.24, 2.45) is 0 Å². The molecule has 1 unspecified atom stereocenters. The lowest BCUT2D eigenvalue weighted by Gasteiger charge is -2.22. The van der Waals surface area contributed by atoms with Gasteiger partial charge < -0.3 is 14.8 Å². The first kappa shape index (κ1) is 11.6. The highest BCUT2D eigenvalue weighted by molar-refractivity contribution is 5.00. The first-order valence-electron chi connectivity index (χ1n) is 6.19. The molecule has 0 saturated carbocycles. The van der Waals surface area contributed by atoms with E-state index in [2.05, 4.69) is 26.7 Å². The molecule has 0 aromatic carbocycles. The molecule has 0 aliphatic carbocycles. The van der Waals surface area contributed by atoms with Crippen LogP contribution in [0.4, 0.5) is 0 Å². The van der Waals surface area contributed by atoms with Crippen LogP contribution in [0.5, 0.6) is 0 Å². The molecule has 0 spiro atoms. The first-order valence-corrected chi connectivity index (χ1v) is 6.19. The van der Waals surface area contributed by atoms with E-state index in [1.807, 2.05) is 19.6 Å². The molecular weight excluding hydrogens is 200 g/mol. The fourth-order valence-electron chi connectivity index (χ4n) is 2.47. The van der Waals surface area contributed by atoms with E-state index in [0.29, 0.717) is 6.04 Å². The van der Waals surface area contributed by atoms with Gasteiger partial charge in [-0.15, -0.1) is 0 Å². The zero-order valence-electron chi connectivity index (χ0n) is 10.3. The molecule has 16 heavy (non-hydrogen) atoms. The lowest BCUT2D eigenvalue weighted by atomic mass is 10.3. The van der Waals surface area contributed by atoms with Gasteiger partial charge >= 0.3 is 0 Å². The highest BCUT2D eigenvalue weighted by Gasteiger charge is 2.16. The number of hydrogen-bond acceptors (Lipinski definition) is 3. The largest absolute Gasteiger partial charge is 0.329 e. The fourth-order valence-corrected chi connectivity index (χ4v) is 2.47. The average Bonchev–Trinajstić information content (AvgIpc) is 2.89. The van der Waals surface area contributed by atoms with Crippen LogP contribution in [0.1, 0.15) is 31.5 Å². The Hall–Kier alpha value is -0.870. The zero-order chi connectivity index (χ0) is 11.4. The summed E-state index contributed by atoms with van der Waals surface area (Å²) in [7, 11) is 1.97. The molecule has 1 aliphatic rings. The third-order valence-corrected chi connectivity index (χ3v) is 3.30. The smallest absolute Gasteiger partial charge is 0.0951 e. The van der Waals surface area contributed by atoms with E-state index in [1.165, 1.54) is 31.6 Å². The van der Waals surface area contributed by atoms with Gasteiger partial charge in [0, 0.05) is 25.3 Å². The molecule has 1 aromatic heterocycles. The van der Waals surface area contributed by atoms with Gasteiger partial charge in [-0.25, -0.2) is 4.98 Å². The van der Waals surface area contributed by atoms with Gasteiger partial charge in [-0.2, -0.15) is 0 Å². The van der Waals surface area contributed by atoms with Crippen molar-refractivity contribution in [1.29, 1.82) is 0 Å². The van der Waals surface area contributed by atoms with Crippen LogP contribution in [0.2, 0.25) is 0 Å². The Labute approximate surface area is 97.7 Å². The SMILES string of the molecule is CNCc1cncn1C(C)CN1CCCC1. The van der Waals surface area contributed by atoms with Gasteiger partial charge in [0.05, 0.1) is 12.0 Å². The fraction of sp³-hybridized carbons (Fsp3) is 0.750. The molecule has 1 saturated heterocycles. The molecule has 0 amide bonds. The number of nitrogens with zero attached hydrogens (tertiary/aromatic N) is 3. The standard InChI is InChI=1S/C12H22N4/c1-11(9-15-5-3-4-6-15)16-10-14-8-12(16)7-13-2/h8,10-11,13H,3-7,9H2,1-2H3. The maximum absolute atomic E-state index is 4.24. The Morgan fingerprint density at radius 2 is 2.19 bits per heavy atom. The molecule has 1 N–H and O–H groups in total. The van der Waals surface area contributed by atoms with E-state index < -0.39 is 0 Å². The van der Waals surface area contributed by atoms with Gasteiger partial charge in [-0.05, 0) is 39.9 Å². The summed E-state index contributed by atoms with van der Waals surface area (Å²) in [5.74, 6) is 0. The summed E-state index contributed by atoms with van der Waals surface area (Å²) in [6, 6.07) is 0.518. The number of rotatable bonds is 5. The summed E-state index contributed by atoms with van der Waals surface area (Å²) in [5.41, 5.74) is 1.27. The second kappa shape index (κ2) is 5.46. The Balaban J connectivity index is 1.96. The molecule has 1 fully saturated rings. The van der Waals surface area contributed by atoms with Crippen molar-refractivity contribution in [3.8, 4) is 0 Å². The molecule has 4 nitrogen and oxygen atoms in total. The predicted octanol–water partition coefficient (Wildman–Crippen LogP) is 1.26. The molecule has 0 radical (unpaired) electrons. The predicted molar refractivity (Wildman–Crippen MR) is 65.4 cm³/mol. The number of aromatic nitrogens is 2. The van der Waals surface area contributed by atoms with Gasteiger partial charge in [-0.1, -0.05) is 0 Å². The topological polar surface area (TPSA) is 33.1 Å². The Kier molecular flexibility index (Phi) is 3.96. The van der Waals surface area contributed by atoms with E-state index in [0.717, 1.165) is 13.1 Å². The Morgan fingerprint density at radius 1 is 1.44 bits per heavy atom. The Morgan fingerprint density at radius 3 is 2.88 bits per heavy atom. The number of likely N-dealkylation sites (tertiary alicyclic amines) is 1. The second-order valence-electron chi connectivity index (χ2n) is 4.68. The highest BCUT2D eigenvalue weighted by atomic mass is 15.2. The highest BCUT2D eigenvalue weighted by Crippen LogP contribution is 2.15. The maximum atomic E-state index is 4.24. The van der Waals surface area contributed by atoms with Crippen LogP contribution in [0.15, 0.2) is 12.5 Å². The van der Waals surface area contributed by atoms with Crippen LogP contribution in [-0.4, -0.2) is 41.1 Å². The normalized spacial score (nSPS) is 19.1. The quantitative estimate of drug-likeness (QED) is 0.814. The average molecular weight is 222 g/mol. The molecule has 2 rings (SSSR count). The van der Waals surface area contributed by atoms with Crippen LogP contribution in [0.3, 0.4) is 0 Å². The Bertz CT molecular complexity index is 315. The number of hydrogen-bond donors (Lipinski definition) is 1. The third kappa shape index (κ3) is 2.62. The van der Waals surface area contributed by atoms with Crippen LogP contribution < -0.4 is 5.32 Å².